The molecule has 0 saturated carbocycles. The smallest absolute Gasteiger partial charge is 0.164 e. The standard InChI is InChI=1S/C19H25O4P/c1-5-19(2,24-17-9-7-6-8-13(17)12-20)15-10-14(22-3)11-16(23-4)18(15)21/h6-11,20-21,24H,5,12H2,1-4H3. The van der Waals surface area contributed by atoms with Gasteiger partial charge in [0.1, 0.15) is 5.75 Å². The summed E-state index contributed by atoms with van der Waals surface area (Å²) >= 11 is 0. The van der Waals surface area contributed by atoms with Gasteiger partial charge >= 0.3 is 0 Å². The van der Waals surface area contributed by atoms with Gasteiger partial charge in [-0.15, -0.1) is 0 Å². The molecule has 24 heavy (non-hydrogen) atoms. The summed E-state index contributed by atoms with van der Waals surface area (Å²) in [6.45, 7) is 4.23. The highest BCUT2D eigenvalue weighted by Crippen LogP contribution is 2.50. The average molecular weight is 348 g/mol. The number of aliphatic hydroxyl groups is 1. The molecule has 0 radical (unpaired) electrons. The molecule has 0 amide bonds. The summed E-state index contributed by atoms with van der Waals surface area (Å²) in [4.78, 5) is 0. The second-order valence-corrected chi connectivity index (χ2v) is 7.74. The number of hydrogen-bond donors (Lipinski definition) is 2. The Morgan fingerprint density at radius 2 is 1.83 bits per heavy atom. The molecule has 0 saturated heterocycles. The number of rotatable bonds is 7. The predicted octanol–water partition coefficient (Wildman–Crippen LogP) is 3.53. The second kappa shape index (κ2) is 7.87. The zero-order valence-corrected chi connectivity index (χ0v) is 15.6. The number of phenolic OH excluding ortho intramolecular Hbond substituents is 1. The third-order valence-electron chi connectivity index (χ3n) is 4.40. The van der Waals surface area contributed by atoms with Crippen molar-refractivity contribution >= 4 is 13.9 Å². The lowest BCUT2D eigenvalue weighted by molar-refractivity contribution is 0.283. The van der Waals surface area contributed by atoms with Gasteiger partial charge in [-0.05, 0) is 23.4 Å². The fraction of sp³-hybridized carbons (Fsp3) is 0.368. The fourth-order valence-corrected chi connectivity index (χ4v) is 4.30. The van der Waals surface area contributed by atoms with E-state index < -0.39 is 0 Å². The van der Waals surface area contributed by atoms with Crippen LogP contribution < -0.4 is 14.8 Å². The zero-order valence-electron chi connectivity index (χ0n) is 14.6. The lowest BCUT2D eigenvalue weighted by Gasteiger charge is -2.31. The first-order chi connectivity index (χ1) is 11.5. The number of aliphatic hydroxyl groups excluding tert-OH is 1. The van der Waals surface area contributed by atoms with Crippen LogP contribution in [0.5, 0.6) is 17.2 Å². The number of benzene rings is 2. The third kappa shape index (κ3) is 3.66. The highest BCUT2D eigenvalue weighted by Gasteiger charge is 2.31. The number of phenols is 1. The van der Waals surface area contributed by atoms with Gasteiger partial charge in [0, 0.05) is 16.8 Å². The molecule has 2 aromatic carbocycles. The maximum atomic E-state index is 10.7. The minimum atomic E-state index is -0.294. The monoisotopic (exact) mass is 348 g/mol. The molecule has 4 nitrogen and oxygen atoms in total. The van der Waals surface area contributed by atoms with Gasteiger partial charge in [-0.3, -0.25) is 0 Å². The maximum Gasteiger partial charge on any atom is 0.164 e. The lowest BCUT2D eigenvalue weighted by atomic mass is 9.95. The molecule has 2 unspecified atom stereocenters. The van der Waals surface area contributed by atoms with Crippen molar-refractivity contribution in [2.45, 2.75) is 32.0 Å². The first kappa shape index (κ1) is 18.6. The zero-order chi connectivity index (χ0) is 17.7. The first-order valence-corrected chi connectivity index (χ1v) is 8.91. The van der Waals surface area contributed by atoms with E-state index in [4.69, 9.17) is 9.47 Å². The van der Waals surface area contributed by atoms with Gasteiger partial charge in [0.15, 0.2) is 11.5 Å². The van der Waals surface area contributed by atoms with Crippen molar-refractivity contribution in [3.05, 3.63) is 47.5 Å². The number of hydrogen-bond acceptors (Lipinski definition) is 4. The minimum absolute atomic E-state index is 0.0103. The molecular weight excluding hydrogens is 323 g/mol. The Morgan fingerprint density at radius 3 is 2.42 bits per heavy atom. The minimum Gasteiger partial charge on any atom is -0.504 e. The van der Waals surface area contributed by atoms with Gasteiger partial charge < -0.3 is 19.7 Å². The Morgan fingerprint density at radius 1 is 1.12 bits per heavy atom. The summed E-state index contributed by atoms with van der Waals surface area (Å²) in [7, 11) is 3.52. The molecule has 0 heterocycles. The van der Waals surface area contributed by atoms with E-state index in [0.717, 1.165) is 22.9 Å². The molecule has 0 aliphatic rings. The van der Waals surface area contributed by atoms with Crippen molar-refractivity contribution in [1.82, 2.24) is 0 Å². The van der Waals surface area contributed by atoms with Crippen molar-refractivity contribution < 1.29 is 19.7 Å². The van der Waals surface area contributed by atoms with E-state index in [0.29, 0.717) is 20.1 Å². The fourth-order valence-electron chi connectivity index (χ4n) is 2.70. The van der Waals surface area contributed by atoms with Gasteiger partial charge in [-0.2, -0.15) is 0 Å². The van der Waals surface area contributed by atoms with Crippen LogP contribution in [-0.2, 0) is 11.8 Å². The Bertz CT molecular complexity index is 702. The van der Waals surface area contributed by atoms with E-state index in [1.807, 2.05) is 30.3 Å². The first-order valence-electron chi connectivity index (χ1n) is 7.91. The SMILES string of the molecule is CCC(C)(Pc1ccccc1CO)c1cc(OC)cc(OC)c1O. The summed E-state index contributed by atoms with van der Waals surface area (Å²) in [6, 6.07) is 11.4. The average Bonchev–Trinajstić information content (AvgIpc) is 2.62. The van der Waals surface area contributed by atoms with E-state index in [1.54, 1.807) is 13.2 Å². The molecule has 2 N–H and O–H groups in total. The highest BCUT2D eigenvalue weighted by atomic mass is 31.1. The van der Waals surface area contributed by atoms with Crippen LogP contribution in [0.1, 0.15) is 31.4 Å². The summed E-state index contributed by atoms with van der Waals surface area (Å²) < 4.78 is 10.7. The van der Waals surface area contributed by atoms with Crippen molar-refractivity contribution in [2.24, 2.45) is 0 Å². The van der Waals surface area contributed by atoms with Crippen LogP contribution in [0.2, 0.25) is 0 Å². The molecule has 2 aromatic rings. The van der Waals surface area contributed by atoms with Gasteiger partial charge in [-0.1, -0.05) is 46.7 Å². The van der Waals surface area contributed by atoms with Crippen molar-refractivity contribution in [1.29, 1.82) is 0 Å². The van der Waals surface area contributed by atoms with Crippen LogP contribution in [0.3, 0.4) is 0 Å². The number of methoxy groups -OCH3 is 2. The molecule has 2 atom stereocenters. The molecule has 0 aliphatic heterocycles. The van der Waals surface area contributed by atoms with Crippen LogP contribution in [0.15, 0.2) is 36.4 Å². The molecule has 0 spiro atoms. The van der Waals surface area contributed by atoms with Gasteiger partial charge in [0.25, 0.3) is 0 Å². The van der Waals surface area contributed by atoms with Crippen molar-refractivity contribution in [3.63, 3.8) is 0 Å². The predicted molar refractivity (Wildman–Crippen MR) is 99.2 cm³/mol. The van der Waals surface area contributed by atoms with Gasteiger partial charge in [-0.25, -0.2) is 0 Å². The molecule has 0 aromatic heterocycles. The summed E-state index contributed by atoms with van der Waals surface area (Å²) in [5.41, 5.74) is 1.72. The Balaban J connectivity index is 2.53. The number of aromatic hydroxyl groups is 1. The van der Waals surface area contributed by atoms with E-state index in [1.165, 1.54) is 7.11 Å². The molecule has 0 bridgehead atoms. The van der Waals surface area contributed by atoms with E-state index >= 15 is 0 Å². The van der Waals surface area contributed by atoms with Crippen LogP contribution in [-0.4, -0.2) is 24.4 Å². The maximum absolute atomic E-state index is 10.7. The molecule has 2 rings (SSSR count). The second-order valence-electron chi connectivity index (χ2n) is 5.85. The summed E-state index contributed by atoms with van der Waals surface area (Å²) in [5, 5.41) is 21.1. The number of ether oxygens (including phenoxy) is 2. The van der Waals surface area contributed by atoms with Gasteiger partial charge in [0.05, 0.1) is 20.8 Å². The summed E-state index contributed by atoms with van der Waals surface area (Å²) in [5.74, 6) is 1.21. The van der Waals surface area contributed by atoms with Gasteiger partial charge in [0.2, 0.25) is 0 Å². The van der Waals surface area contributed by atoms with E-state index in [9.17, 15) is 10.2 Å². The van der Waals surface area contributed by atoms with Crippen molar-refractivity contribution in [2.75, 3.05) is 14.2 Å². The third-order valence-corrected chi connectivity index (χ3v) is 6.34. The Labute approximate surface area is 145 Å². The van der Waals surface area contributed by atoms with Crippen molar-refractivity contribution in [3.8, 4) is 17.2 Å². The molecule has 0 fully saturated rings. The molecule has 5 heteroatoms. The Kier molecular flexibility index (Phi) is 6.09. The lowest BCUT2D eigenvalue weighted by Crippen LogP contribution is -2.20. The van der Waals surface area contributed by atoms with E-state index in [-0.39, 0.29) is 17.5 Å². The quantitative estimate of drug-likeness (QED) is 0.752. The Hall–Kier alpha value is -1.77. The molecule has 130 valence electrons. The van der Waals surface area contributed by atoms with Crippen LogP contribution in [0, 0.1) is 0 Å². The largest absolute Gasteiger partial charge is 0.504 e. The topological polar surface area (TPSA) is 58.9 Å². The normalized spacial score (nSPS) is 13.9. The molecule has 0 aliphatic carbocycles. The van der Waals surface area contributed by atoms with Crippen LogP contribution in [0.4, 0.5) is 0 Å². The van der Waals surface area contributed by atoms with Crippen LogP contribution >= 0.6 is 8.58 Å². The highest BCUT2D eigenvalue weighted by molar-refractivity contribution is 7.48. The van der Waals surface area contributed by atoms with E-state index in [2.05, 4.69) is 13.8 Å². The molecular formula is C19H25O4P. The van der Waals surface area contributed by atoms with Crippen LogP contribution in [0.25, 0.3) is 0 Å². The summed E-state index contributed by atoms with van der Waals surface area (Å²) in [6.07, 6.45) is 0.828.